The highest BCUT2D eigenvalue weighted by molar-refractivity contribution is 6.08. The number of halogens is 3. The van der Waals surface area contributed by atoms with Gasteiger partial charge < -0.3 is 10.6 Å². The average Bonchev–Trinajstić information content (AvgIpc) is 2.45. The number of amides is 2. The third-order valence-corrected chi connectivity index (χ3v) is 3.32. The standard InChI is InChI=1S/C18H17F3N2O2/c1-11-7-12(2)9-15(8-11)23-17(25)10-16(24)22-14-5-3-13(4-6-14)18(19,20)21/h3-9H,10H2,1-2H3,(H,22,24)(H,23,25). The molecule has 0 saturated heterocycles. The highest BCUT2D eigenvalue weighted by Crippen LogP contribution is 2.29. The van der Waals surface area contributed by atoms with E-state index in [1.807, 2.05) is 19.9 Å². The summed E-state index contributed by atoms with van der Waals surface area (Å²) in [4.78, 5) is 23.7. The Bertz CT molecular complexity index is 764. The van der Waals surface area contributed by atoms with Crippen molar-refractivity contribution in [3.8, 4) is 0 Å². The van der Waals surface area contributed by atoms with Crippen LogP contribution in [0.4, 0.5) is 24.5 Å². The first-order valence-electron chi connectivity index (χ1n) is 7.49. The molecule has 2 N–H and O–H groups in total. The van der Waals surface area contributed by atoms with Crippen molar-refractivity contribution in [3.05, 3.63) is 59.2 Å². The minimum absolute atomic E-state index is 0.192. The van der Waals surface area contributed by atoms with Gasteiger partial charge in [0.05, 0.1) is 5.56 Å². The highest BCUT2D eigenvalue weighted by atomic mass is 19.4. The maximum atomic E-state index is 12.5. The first-order valence-corrected chi connectivity index (χ1v) is 7.49. The van der Waals surface area contributed by atoms with Crippen molar-refractivity contribution in [1.29, 1.82) is 0 Å². The van der Waals surface area contributed by atoms with Gasteiger partial charge in [-0.25, -0.2) is 0 Å². The van der Waals surface area contributed by atoms with Crippen molar-refractivity contribution in [2.24, 2.45) is 0 Å². The summed E-state index contributed by atoms with van der Waals surface area (Å²) in [5.74, 6) is -1.11. The van der Waals surface area contributed by atoms with E-state index in [0.29, 0.717) is 5.69 Å². The predicted octanol–water partition coefficient (Wildman–Crippen LogP) is 4.29. The summed E-state index contributed by atoms with van der Waals surface area (Å²) in [5, 5.41) is 5.01. The van der Waals surface area contributed by atoms with Gasteiger partial charge in [-0.15, -0.1) is 0 Å². The molecule has 0 heterocycles. The van der Waals surface area contributed by atoms with Crippen molar-refractivity contribution in [2.45, 2.75) is 26.4 Å². The molecule has 2 amide bonds. The van der Waals surface area contributed by atoms with Gasteiger partial charge in [0.25, 0.3) is 0 Å². The van der Waals surface area contributed by atoms with Crippen molar-refractivity contribution in [3.63, 3.8) is 0 Å². The zero-order valence-corrected chi connectivity index (χ0v) is 13.7. The number of aryl methyl sites for hydroxylation is 2. The van der Waals surface area contributed by atoms with E-state index in [1.165, 1.54) is 0 Å². The summed E-state index contributed by atoms with van der Waals surface area (Å²) in [6.45, 7) is 3.78. The lowest BCUT2D eigenvalue weighted by molar-refractivity contribution is -0.137. The molecule has 0 radical (unpaired) electrons. The quantitative estimate of drug-likeness (QED) is 0.808. The van der Waals surface area contributed by atoms with Gasteiger partial charge in [-0.3, -0.25) is 9.59 Å². The van der Waals surface area contributed by atoms with Crippen molar-refractivity contribution in [2.75, 3.05) is 10.6 Å². The molecule has 132 valence electrons. The van der Waals surface area contributed by atoms with Crippen molar-refractivity contribution < 1.29 is 22.8 Å². The smallest absolute Gasteiger partial charge is 0.326 e. The minimum atomic E-state index is -4.44. The number of nitrogens with one attached hydrogen (secondary N) is 2. The summed E-state index contributed by atoms with van der Waals surface area (Å²) in [6.07, 6.45) is -4.87. The van der Waals surface area contributed by atoms with Crippen molar-refractivity contribution in [1.82, 2.24) is 0 Å². The maximum absolute atomic E-state index is 12.5. The lowest BCUT2D eigenvalue weighted by Crippen LogP contribution is -2.21. The van der Waals surface area contributed by atoms with Gasteiger partial charge in [-0.1, -0.05) is 6.07 Å². The van der Waals surface area contributed by atoms with E-state index in [2.05, 4.69) is 10.6 Å². The lowest BCUT2D eigenvalue weighted by Gasteiger charge is -2.10. The Hall–Kier alpha value is -2.83. The number of hydrogen-bond acceptors (Lipinski definition) is 2. The molecule has 0 atom stereocenters. The first kappa shape index (κ1) is 18.5. The molecular weight excluding hydrogens is 333 g/mol. The monoisotopic (exact) mass is 350 g/mol. The minimum Gasteiger partial charge on any atom is -0.326 e. The van der Waals surface area contributed by atoms with Gasteiger partial charge in [0.15, 0.2) is 0 Å². The van der Waals surface area contributed by atoms with Gasteiger partial charge in [-0.2, -0.15) is 13.2 Å². The number of alkyl halides is 3. The third kappa shape index (κ3) is 5.63. The Kier molecular flexibility index (Phi) is 5.46. The number of carbonyl (C=O) groups excluding carboxylic acids is 2. The van der Waals surface area contributed by atoms with Crippen LogP contribution in [-0.4, -0.2) is 11.8 Å². The molecular formula is C18H17F3N2O2. The van der Waals surface area contributed by atoms with E-state index in [4.69, 9.17) is 0 Å². The van der Waals surface area contributed by atoms with Crippen LogP contribution in [0.25, 0.3) is 0 Å². The van der Waals surface area contributed by atoms with Gasteiger partial charge in [-0.05, 0) is 61.4 Å². The van der Waals surface area contributed by atoms with Crippen LogP contribution in [0.2, 0.25) is 0 Å². The topological polar surface area (TPSA) is 58.2 Å². The second-order valence-corrected chi connectivity index (χ2v) is 5.72. The second-order valence-electron chi connectivity index (χ2n) is 5.72. The van der Waals surface area contributed by atoms with Crippen LogP contribution >= 0.6 is 0 Å². The fraction of sp³-hybridized carbons (Fsp3) is 0.222. The van der Waals surface area contributed by atoms with Gasteiger partial charge in [0.1, 0.15) is 6.42 Å². The number of hydrogen-bond donors (Lipinski definition) is 2. The van der Waals surface area contributed by atoms with E-state index in [1.54, 1.807) is 12.1 Å². The molecule has 0 aliphatic carbocycles. The van der Waals surface area contributed by atoms with Crippen LogP contribution in [0, 0.1) is 13.8 Å². The van der Waals surface area contributed by atoms with Crippen molar-refractivity contribution >= 4 is 23.2 Å². The third-order valence-electron chi connectivity index (χ3n) is 3.32. The predicted molar refractivity (Wildman–Crippen MR) is 89.2 cm³/mol. The number of anilines is 2. The second kappa shape index (κ2) is 7.38. The van der Waals surface area contributed by atoms with Crippen LogP contribution in [0.1, 0.15) is 23.1 Å². The summed E-state index contributed by atoms with van der Waals surface area (Å²) in [7, 11) is 0. The zero-order valence-electron chi connectivity index (χ0n) is 13.7. The molecule has 0 aliphatic rings. The maximum Gasteiger partial charge on any atom is 0.416 e. The SMILES string of the molecule is Cc1cc(C)cc(NC(=O)CC(=O)Nc2ccc(C(F)(F)F)cc2)c1. The van der Waals surface area contributed by atoms with E-state index >= 15 is 0 Å². The Morgan fingerprint density at radius 3 is 1.80 bits per heavy atom. The van der Waals surface area contributed by atoms with E-state index in [-0.39, 0.29) is 5.69 Å². The molecule has 7 heteroatoms. The molecule has 0 unspecified atom stereocenters. The summed E-state index contributed by atoms with van der Waals surface area (Å²) < 4.78 is 37.4. The summed E-state index contributed by atoms with van der Waals surface area (Å²) >= 11 is 0. The van der Waals surface area contributed by atoms with Crippen LogP contribution in [0.15, 0.2) is 42.5 Å². The molecule has 2 rings (SSSR count). The number of carbonyl (C=O) groups is 2. The van der Waals surface area contributed by atoms with E-state index < -0.39 is 30.0 Å². The number of rotatable bonds is 4. The molecule has 2 aromatic carbocycles. The fourth-order valence-corrected chi connectivity index (χ4v) is 2.35. The molecule has 0 bridgehead atoms. The molecule has 4 nitrogen and oxygen atoms in total. The number of benzene rings is 2. The molecule has 0 aliphatic heterocycles. The highest BCUT2D eigenvalue weighted by Gasteiger charge is 2.30. The van der Waals surface area contributed by atoms with Gasteiger partial charge in [0, 0.05) is 11.4 Å². The summed E-state index contributed by atoms with van der Waals surface area (Å²) in [6, 6.07) is 9.52. The molecule has 0 fully saturated rings. The summed E-state index contributed by atoms with van der Waals surface area (Å²) in [5.41, 5.74) is 1.93. The normalized spacial score (nSPS) is 11.1. The van der Waals surface area contributed by atoms with Gasteiger partial charge in [0.2, 0.25) is 11.8 Å². The molecule has 0 saturated carbocycles. The molecule has 2 aromatic rings. The Balaban J connectivity index is 1.92. The first-order chi connectivity index (χ1) is 11.6. The molecule has 0 spiro atoms. The Morgan fingerprint density at radius 2 is 1.32 bits per heavy atom. The van der Waals surface area contributed by atoms with E-state index in [0.717, 1.165) is 35.4 Å². The van der Waals surface area contributed by atoms with Crippen LogP contribution in [0.3, 0.4) is 0 Å². The van der Waals surface area contributed by atoms with E-state index in [9.17, 15) is 22.8 Å². The molecule has 25 heavy (non-hydrogen) atoms. The fourth-order valence-electron chi connectivity index (χ4n) is 2.35. The largest absolute Gasteiger partial charge is 0.416 e. The molecule has 0 aromatic heterocycles. The van der Waals surface area contributed by atoms with Crippen LogP contribution < -0.4 is 10.6 Å². The Morgan fingerprint density at radius 1 is 0.840 bits per heavy atom. The Labute approximate surface area is 143 Å². The van der Waals surface area contributed by atoms with Crippen LogP contribution in [0.5, 0.6) is 0 Å². The van der Waals surface area contributed by atoms with Crippen LogP contribution in [-0.2, 0) is 15.8 Å². The zero-order chi connectivity index (χ0) is 18.6. The average molecular weight is 350 g/mol. The van der Waals surface area contributed by atoms with Gasteiger partial charge >= 0.3 is 6.18 Å². The lowest BCUT2D eigenvalue weighted by atomic mass is 10.1.